The summed E-state index contributed by atoms with van der Waals surface area (Å²) in [5, 5.41) is 0.733. The summed E-state index contributed by atoms with van der Waals surface area (Å²) in [6.45, 7) is 4.71. The molecular weight excluding hydrogens is 361 g/mol. The van der Waals surface area contributed by atoms with Crippen molar-refractivity contribution in [2.24, 2.45) is 0 Å². The van der Waals surface area contributed by atoms with E-state index >= 15 is 0 Å². The first kappa shape index (κ1) is 14.9. The fourth-order valence-corrected chi connectivity index (χ4v) is 2.95. The number of hydrogen-bond acceptors (Lipinski definition) is 4. The van der Waals surface area contributed by atoms with E-state index < -0.39 is 5.82 Å². The Bertz CT molecular complexity index is 690. The van der Waals surface area contributed by atoms with Crippen molar-refractivity contribution >= 4 is 44.3 Å². The number of benzene rings is 1. The van der Waals surface area contributed by atoms with Gasteiger partial charge in [-0.1, -0.05) is 0 Å². The van der Waals surface area contributed by atoms with Gasteiger partial charge in [-0.25, -0.2) is 9.37 Å². The lowest BCUT2D eigenvalue weighted by Gasteiger charge is -2.22. The lowest BCUT2D eigenvalue weighted by Crippen LogP contribution is -2.27. The van der Waals surface area contributed by atoms with E-state index in [1.54, 1.807) is 0 Å². The number of hydrogen-bond donors (Lipinski definition) is 0. The van der Waals surface area contributed by atoms with Gasteiger partial charge in [0.15, 0.2) is 5.82 Å². The van der Waals surface area contributed by atoms with Crippen molar-refractivity contribution in [2.45, 2.75) is 13.3 Å². The maximum atomic E-state index is 14.4. The SMILES string of the molecule is Cc1cc2c(N3CCCOCC3)nc(Cl)nc2c(F)c1Br. The smallest absolute Gasteiger partial charge is 0.225 e. The third-order valence-electron chi connectivity index (χ3n) is 3.53. The Labute approximate surface area is 135 Å². The Morgan fingerprint density at radius 2 is 2.14 bits per heavy atom. The van der Waals surface area contributed by atoms with Crippen LogP contribution < -0.4 is 4.90 Å². The van der Waals surface area contributed by atoms with Gasteiger partial charge in [0.2, 0.25) is 5.28 Å². The van der Waals surface area contributed by atoms with E-state index in [2.05, 4.69) is 30.8 Å². The molecule has 0 amide bonds. The molecule has 2 aromatic rings. The van der Waals surface area contributed by atoms with Crippen LogP contribution in [0.3, 0.4) is 0 Å². The van der Waals surface area contributed by atoms with Crippen molar-refractivity contribution in [3.05, 3.63) is 27.2 Å². The van der Waals surface area contributed by atoms with Gasteiger partial charge in [-0.05, 0) is 52.5 Å². The van der Waals surface area contributed by atoms with Gasteiger partial charge in [-0.3, -0.25) is 0 Å². The second kappa shape index (κ2) is 6.02. The summed E-state index contributed by atoms with van der Waals surface area (Å²) in [6, 6.07) is 1.89. The van der Waals surface area contributed by atoms with Gasteiger partial charge in [0.1, 0.15) is 11.3 Å². The second-order valence-electron chi connectivity index (χ2n) is 4.99. The molecule has 21 heavy (non-hydrogen) atoms. The highest BCUT2D eigenvalue weighted by atomic mass is 79.9. The molecule has 2 heterocycles. The van der Waals surface area contributed by atoms with Crippen LogP contribution in [0.2, 0.25) is 5.28 Å². The minimum atomic E-state index is -0.401. The van der Waals surface area contributed by atoms with Crippen molar-refractivity contribution < 1.29 is 9.13 Å². The predicted molar refractivity (Wildman–Crippen MR) is 84.6 cm³/mol. The first-order valence-electron chi connectivity index (χ1n) is 6.72. The highest BCUT2D eigenvalue weighted by molar-refractivity contribution is 9.10. The molecule has 1 aromatic heterocycles. The standard InChI is InChI=1S/C14H14BrClFN3O/c1-8-7-9-12(11(17)10(8)15)18-14(16)19-13(9)20-3-2-5-21-6-4-20/h7H,2-6H2,1H3. The summed E-state index contributed by atoms with van der Waals surface area (Å²) >= 11 is 9.23. The Balaban J connectivity index is 2.21. The number of anilines is 1. The average molecular weight is 375 g/mol. The first-order chi connectivity index (χ1) is 10.1. The molecule has 0 radical (unpaired) electrons. The number of ether oxygens (including phenoxy) is 1. The Morgan fingerprint density at radius 1 is 1.33 bits per heavy atom. The Hall–Kier alpha value is -0.980. The first-order valence-corrected chi connectivity index (χ1v) is 7.89. The van der Waals surface area contributed by atoms with Gasteiger partial charge in [-0.15, -0.1) is 0 Å². The molecule has 4 nitrogen and oxygen atoms in total. The van der Waals surface area contributed by atoms with Gasteiger partial charge in [0.05, 0.1) is 11.1 Å². The van der Waals surface area contributed by atoms with E-state index in [0.29, 0.717) is 28.8 Å². The summed E-state index contributed by atoms with van der Waals surface area (Å²) in [5.41, 5.74) is 1.05. The number of fused-ring (bicyclic) bond motifs is 1. The maximum absolute atomic E-state index is 14.4. The number of aromatic nitrogens is 2. The summed E-state index contributed by atoms with van der Waals surface area (Å²) in [7, 11) is 0. The molecule has 112 valence electrons. The number of nitrogens with zero attached hydrogens (tertiary/aromatic N) is 3. The molecule has 0 aliphatic carbocycles. The normalized spacial score (nSPS) is 16.3. The van der Waals surface area contributed by atoms with Crippen molar-refractivity contribution in [3.63, 3.8) is 0 Å². The molecule has 0 spiro atoms. The Kier molecular flexibility index (Phi) is 4.28. The van der Waals surface area contributed by atoms with Gasteiger partial charge < -0.3 is 9.64 Å². The minimum Gasteiger partial charge on any atom is -0.380 e. The van der Waals surface area contributed by atoms with E-state index in [-0.39, 0.29) is 10.8 Å². The molecule has 1 aromatic carbocycles. The molecule has 0 N–H and O–H groups in total. The zero-order valence-electron chi connectivity index (χ0n) is 11.5. The van der Waals surface area contributed by atoms with Crippen molar-refractivity contribution in [1.82, 2.24) is 9.97 Å². The number of aryl methyl sites for hydroxylation is 1. The van der Waals surface area contributed by atoms with E-state index in [1.165, 1.54) is 0 Å². The van der Waals surface area contributed by atoms with Crippen molar-refractivity contribution in [3.8, 4) is 0 Å². The predicted octanol–water partition coefficient (Wildman–Crippen LogP) is 3.72. The van der Waals surface area contributed by atoms with Gasteiger partial charge in [-0.2, -0.15) is 4.98 Å². The zero-order chi connectivity index (χ0) is 15.0. The highest BCUT2D eigenvalue weighted by Crippen LogP contribution is 2.33. The number of rotatable bonds is 1. The zero-order valence-corrected chi connectivity index (χ0v) is 13.8. The summed E-state index contributed by atoms with van der Waals surface area (Å²) in [6.07, 6.45) is 0.904. The van der Waals surface area contributed by atoms with Crippen LogP contribution in [0.5, 0.6) is 0 Å². The average Bonchev–Trinajstić information content (AvgIpc) is 2.74. The molecule has 0 unspecified atom stereocenters. The lowest BCUT2D eigenvalue weighted by atomic mass is 10.1. The minimum absolute atomic E-state index is 0.0531. The largest absolute Gasteiger partial charge is 0.380 e. The maximum Gasteiger partial charge on any atom is 0.225 e. The summed E-state index contributed by atoms with van der Waals surface area (Å²) in [4.78, 5) is 10.4. The second-order valence-corrected chi connectivity index (χ2v) is 6.12. The molecule has 7 heteroatoms. The highest BCUT2D eigenvalue weighted by Gasteiger charge is 2.20. The third-order valence-corrected chi connectivity index (χ3v) is 4.67. The van der Waals surface area contributed by atoms with Crippen LogP contribution in [0.25, 0.3) is 10.9 Å². The van der Waals surface area contributed by atoms with Crippen LogP contribution in [-0.2, 0) is 4.74 Å². The van der Waals surface area contributed by atoms with Crippen LogP contribution in [0.15, 0.2) is 10.5 Å². The molecule has 3 rings (SSSR count). The van der Waals surface area contributed by atoms with Crippen molar-refractivity contribution in [1.29, 1.82) is 0 Å². The fourth-order valence-electron chi connectivity index (χ4n) is 2.49. The lowest BCUT2D eigenvalue weighted by molar-refractivity contribution is 0.152. The van der Waals surface area contributed by atoms with Crippen LogP contribution in [0.4, 0.5) is 10.2 Å². The molecular formula is C14H14BrClFN3O. The van der Waals surface area contributed by atoms with Gasteiger partial charge in [0, 0.05) is 25.1 Å². The monoisotopic (exact) mass is 373 g/mol. The van der Waals surface area contributed by atoms with E-state index in [4.69, 9.17) is 16.3 Å². The van der Waals surface area contributed by atoms with Gasteiger partial charge in [0.25, 0.3) is 0 Å². The molecule has 0 bridgehead atoms. The summed E-state index contributed by atoms with van der Waals surface area (Å²) < 4.78 is 20.3. The molecule has 1 aliphatic heterocycles. The Morgan fingerprint density at radius 3 is 2.95 bits per heavy atom. The molecule has 1 aliphatic rings. The summed E-state index contributed by atoms with van der Waals surface area (Å²) in [5.74, 6) is 0.270. The van der Waals surface area contributed by atoms with Crippen molar-refractivity contribution in [2.75, 3.05) is 31.2 Å². The quantitative estimate of drug-likeness (QED) is 0.713. The van der Waals surface area contributed by atoms with Gasteiger partial charge >= 0.3 is 0 Å². The van der Waals surface area contributed by atoms with E-state index in [1.807, 2.05) is 13.0 Å². The van der Waals surface area contributed by atoms with Crippen LogP contribution >= 0.6 is 27.5 Å². The third kappa shape index (κ3) is 2.84. The van der Waals surface area contributed by atoms with Crippen LogP contribution in [0.1, 0.15) is 12.0 Å². The topological polar surface area (TPSA) is 38.2 Å². The van der Waals surface area contributed by atoms with Crippen LogP contribution in [0, 0.1) is 12.7 Å². The molecule has 0 atom stereocenters. The molecule has 1 saturated heterocycles. The van der Waals surface area contributed by atoms with E-state index in [0.717, 1.165) is 25.1 Å². The number of halogens is 3. The molecule has 1 fully saturated rings. The van der Waals surface area contributed by atoms with E-state index in [9.17, 15) is 4.39 Å². The van der Waals surface area contributed by atoms with Crippen LogP contribution in [-0.4, -0.2) is 36.3 Å². The fraction of sp³-hybridized carbons (Fsp3) is 0.429. The molecule has 0 saturated carbocycles.